The number of carbonyl (C=O) groups excluding carboxylic acids is 3. The molecule has 1 heterocycles. The minimum atomic E-state index is -0.939. The number of furan rings is 1. The van der Waals surface area contributed by atoms with Crippen LogP contribution in [0.3, 0.4) is 0 Å². The number of benzene rings is 1. The van der Waals surface area contributed by atoms with Gasteiger partial charge in [0.1, 0.15) is 11.9 Å². The van der Waals surface area contributed by atoms with Crippen LogP contribution in [0, 0.1) is 11.7 Å². The molecule has 0 aliphatic rings. The summed E-state index contributed by atoms with van der Waals surface area (Å²) < 4.78 is 22.8. The largest absolute Gasteiger partial charge is 0.459 e. The molecule has 0 unspecified atom stereocenters. The van der Waals surface area contributed by atoms with Gasteiger partial charge < -0.3 is 19.8 Å². The molecule has 1 aromatic heterocycles. The van der Waals surface area contributed by atoms with E-state index in [-0.39, 0.29) is 11.7 Å². The first-order valence-corrected chi connectivity index (χ1v) is 7.93. The molecule has 1 atom stereocenters. The molecule has 0 radical (unpaired) electrons. The third-order valence-electron chi connectivity index (χ3n) is 3.43. The van der Waals surface area contributed by atoms with Crippen LogP contribution in [-0.2, 0) is 14.3 Å². The number of rotatable bonds is 7. The van der Waals surface area contributed by atoms with Crippen molar-refractivity contribution in [2.75, 3.05) is 11.9 Å². The number of amides is 2. The van der Waals surface area contributed by atoms with E-state index in [9.17, 15) is 18.8 Å². The molecule has 0 aliphatic carbocycles. The highest BCUT2D eigenvalue weighted by atomic mass is 19.1. The molecular weight excluding hydrogens is 343 g/mol. The lowest BCUT2D eigenvalue weighted by atomic mass is 10.0. The van der Waals surface area contributed by atoms with Crippen LogP contribution in [0.15, 0.2) is 47.1 Å². The van der Waals surface area contributed by atoms with E-state index in [1.54, 1.807) is 19.9 Å². The van der Waals surface area contributed by atoms with Crippen LogP contribution in [0.5, 0.6) is 0 Å². The van der Waals surface area contributed by atoms with Crippen LogP contribution < -0.4 is 10.6 Å². The molecule has 0 fully saturated rings. The molecule has 26 heavy (non-hydrogen) atoms. The number of halogens is 1. The third kappa shape index (κ3) is 5.44. The highest BCUT2D eigenvalue weighted by molar-refractivity contribution is 5.96. The van der Waals surface area contributed by atoms with Crippen LogP contribution in [0.4, 0.5) is 10.1 Å². The van der Waals surface area contributed by atoms with Crippen molar-refractivity contribution < 1.29 is 27.9 Å². The van der Waals surface area contributed by atoms with Crippen LogP contribution in [0.2, 0.25) is 0 Å². The average Bonchev–Trinajstić information content (AvgIpc) is 3.14. The summed E-state index contributed by atoms with van der Waals surface area (Å²) >= 11 is 0. The zero-order valence-corrected chi connectivity index (χ0v) is 14.3. The van der Waals surface area contributed by atoms with Gasteiger partial charge in [-0.25, -0.2) is 9.18 Å². The normalized spacial score (nSPS) is 11.7. The predicted octanol–water partition coefficient (Wildman–Crippen LogP) is 2.36. The first kappa shape index (κ1) is 19.2. The predicted molar refractivity (Wildman–Crippen MR) is 90.8 cm³/mol. The van der Waals surface area contributed by atoms with E-state index in [0.717, 1.165) is 0 Å². The quantitative estimate of drug-likeness (QED) is 0.737. The van der Waals surface area contributed by atoms with Gasteiger partial charge in [-0.15, -0.1) is 0 Å². The summed E-state index contributed by atoms with van der Waals surface area (Å²) in [6, 6.07) is 7.24. The van der Waals surface area contributed by atoms with Gasteiger partial charge in [0.25, 0.3) is 11.8 Å². The molecule has 0 saturated heterocycles. The van der Waals surface area contributed by atoms with Crippen molar-refractivity contribution in [1.29, 1.82) is 0 Å². The fourth-order valence-electron chi connectivity index (χ4n) is 2.07. The number of carbonyl (C=O) groups is 3. The van der Waals surface area contributed by atoms with E-state index in [4.69, 9.17) is 9.15 Å². The van der Waals surface area contributed by atoms with Crippen LogP contribution in [0.25, 0.3) is 0 Å². The molecule has 1 aromatic carbocycles. The highest BCUT2D eigenvalue weighted by Crippen LogP contribution is 2.09. The van der Waals surface area contributed by atoms with Crippen molar-refractivity contribution in [3.8, 4) is 0 Å². The SMILES string of the molecule is CC(C)[C@@H](NC(=O)c1ccco1)C(=O)OCC(=O)Nc1ccc(F)cc1. The molecule has 0 saturated carbocycles. The molecule has 2 amide bonds. The smallest absolute Gasteiger partial charge is 0.329 e. The fourth-order valence-corrected chi connectivity index (χ4v) is 2.07. The van der Waals surface area contributed by atoms with Gasteiger partial charge in [0.05, 0.1) is 6.26 Å². The molecule has 0 bridgehead atoms. The number of nitrogens with one attached hydrogen (secondary N) is 2. The second-order valence-electron chi connectivity index (χ2n) is 5.84. The molecule has 2 N–H and O–H groups in total. The maximum atomic E-state index is 12.8. The van der Waals surface area contributed by atoms with Gasteiger partial charge in [0, 0.05) is 5.69 Å². The lowest BCUT2D eigenvalue weighted by molar-refractivity contribution is -0.150. The first-order chi connectivity index (χ1) is 12.4. The summed E-state index contributed by atoms with van der Waals surface area (Å²) in [4.78, 5) is 36.0. The maximum Gasteiger partial charge on any atom is 0.329 e. The maximum absolute atomic E-state index is 12.8. The van der Waals surface area contributed by atoms with Crippen molar-refractivity contribution in [3.05, 3.63) is 54.2 Å². The Morgan fingerprint density at radius 3 is 2.42 bits per heavy atom. The van der Waals surface area contributed by atoms with Gasteiger partial charge in [-0.05, 0) is 42.3 Å². The summed E-state index contributed by atoms with van der Waals surface area (Å²) in [7, 11) is 0. The molecule has 0 aliphatic heterocycles. The summed E-state index contributed by atoms with van der Waals surface area (Å²) in [6.07, 6.45) is 1.34. The molecule has 2 rings (SSSR count). The minimum Gasteiger partial charge on any atom is -0.459 e. The lowest BCUT2D eigenvalue weighted by Gasteiger charge is -2.20. The van der Waals surface area contributed by atoms with Gasteiger partial charge in [-0.3, -0.25) is 9.59 Å². The Labute approximate surface area is 149 Å². The number of ether oxygens (including phenoxy) is 1. The van der Waals surface area contributed by atoms with Crippen molar-refractivity contribution in [2.24, 2.45) is 5.92 Å². The van der Waals surface area contributed by atoms with Gasteiger partial charge in [0.2, 0.25) is 0 Å². The van der Waals surface area contributed by atoms with E-state index >= 15 is 0 Å². The Balaban J connectivity index is 1.87. The van der Waals surface area contributed by atoms with Gasteiger partial charge >= 0.3 is 5.97 Å². The van der Waals surface area contributed by atoms with E-state index in [1.807, 2.05) is 0 Å². The summed E-state index contributed by atoms with van der Waals surface area (Å²) in [5, 5.41) is 4.99. The Kier molecular flexibility index (Phi) is 6.48. The van der Waals surface area contributed by atoms with Crippen molar-refractivity contribution >= 4 is 23.5 Å². The zero-order valence-electron chi connectivity index (χ0n) is 14.3. The Bertz CT molecular complexity index is 756. The van der Waals surface area contributed by atoms with Crippen molar-refractivity contribution in [1.82, 2.24) is 5.32 Å². The van der Waals surface area contributed by atoms with Crippen molar-refractivity contribution in [2.45, 2.75) is 19.9 Å². The highest BCUT2D eigenvalue weighted by Gasteiger charge is 2.27. The molecule has 7 nitrogen and oxygen atoms in total. The summed E-state index contributed by atoms with van der Waals surface area (Å²) in [6.45, 7) is 2.93. The number of anilines is 1. The van der Waals surface area contributed by atoms with Gasteiger partial charge in [-0.2, -0.15) is 0 Å². The Morgan fingerprint density at radius 2 is 1.85 bits per heavy atom. The van der Waals surface area contributed by atoms with Crippen LogP contribution in [-0.4, -0.2) is 30.4 Å². The van der Waals surface area contributed by atoms with Crippen LogP contribution in [0.1, 0.15) is 24.4 Å². The van der Waals surface area contributed by atoms with E-state index in [2.05, 4.69) is 10.6 Å². The summed E-state index contributed by atoms with van der Waals surface area (Å²) in [5.41, 5.74) is 0.374. The minimum absolute atomic E-state index is 0.0671. The number of esters is 1. The fraction of sp³-hybridized carbons (Fsp3) is 0.278. The van der Waals surface area contributed by atoms with Gasteiger partial charge in [-0.1, -0.05) is 13.8 Å². The molecule has 8 heteroatoms. The number of hydrogen-bond acceptors (Lipinski definition) is 5. The molecule has 0 spiro atoms. The first-order valence-electron chi connectivity index (χ1n) is 7.93. The summed E-state index contributed by atoms with van der Waals surface area (Å²) in [5.74, 6) is -2.50. The zero-order chi connectivity index (χ0) is 19.1. The molecule has 138 valence electrons. The van der Waals surface area contributed by atoms with Gasteiger partial charge in [0.15, 0.2) is 12.4 Å². The van der Waals surface area contributed by atoms with E-state index in [0.29, 0.717) is 5.69 Å². The van der Waals surface area contributed by atoms with E-state index in [1.165, 1.54) is 36.6 Å². The average molecular weight is 362 g/mol. The Hall–Kier alpha value is -3.16. The second-order valence-corrected chi connectivity index (χ2v) is 5.84. The lowest BCUT2D eigenvalue weighted by Crippen LogP contribution is -2.45. The Morgan fingerprint density at radius 1 is 1.15 bits per heavy atom. The molecular formula is C18H19FN2O5. The molecule has 2 aromatic rings. The number of hydrogen-bond donors (Lipinski definition) is 2. The van der Waals surface area contributed by atoms with E-state index < -0.39 is 36.2 Å². The third-order valence-corrected chi connectivity index (χ3v) is 3.43. The standard InChI is InChI=1S/C18H19FN2O5/c1-11(2)16(21-17(23)14-4-3-9-25-14)18(24)26-10-15(22)20-13-7-5-12(19)6-8-13/h3-9,11,16H,10H2,1-2H3,(H,20,22)(H,21,23)/t16-/m1/s1. The monoisotopic (exact) mass is 362 g/mol. The second kappa shape index (κ2) is 8.80. The van der Waals surface area contributed by atoms with Crippen molar-refractivity contribution in [3.63, 3.8) is 0 Å². The topological polar surface area (TPSA) is 97.6 Å². The van der Waals surface area contributed by atoms with Crippen LogP contribution >= 0.6 is 0 Å².